The molecule has 0 saturated heterocycles. The molecular weight excluding hydrogens is 633 g/mol. The first kappa shape index (κ1) is 29.7. The van der Waals surface area contributed by atoms with Gasteiger partial charge in [0.25, 0.3) is 0 Å². The fourth-order valence-corrected chi connectivity index (χ4v) is 7.27. The molecule has 0 N–H and O–H groups in total. The molecule has 7 heteroatoms. The predicted octanol–water partition coefficient (Wildman–Crippen LogP) is 10.3. The number of nitrogens with zero attached hydrogens (tertiary/aromatic N) is 6. The highest BCUT2D eigenvalue weighted by molar-refractivity contribution is 7.19. The van der Waals surface area contributed by atoms with Gasteiger partial charge in [-0.25, -0.2) is 29.9 Å². The average Bonchev–Trinajstić information content (AvgIpc) is 3.39. The van der Waals surface area contributed by atoms with Crippen LogP contribution >= 0.6 is 11.3 Å². The summed E-state index contributed by atoms with van der Waals surface area (Å²) < 4.78 is 1.20. The normalized spacial score (nSPS) is 12.4. The summed E-state index contributed by atoms with van der Waals surface area (Å²) in [5, 5.41) is 1.15. The van der Waals surface area contributed by atoms with Gasteiger partial charge >= 0.3 is 0 Å². The van der Waals surface area contributed by atoms with E-state index in [-0.39, 0.29) is 0 Å². The van der Waals surface area contributed by atoms with Crippen LogP contribution in [-0.4, -0.2) is 29.9 Å². The number of hydrogen-bond acceptors (Lipinski definition) is 7. The summed E-state index contributed by atoms with van der Waals surface area (Å²) in [6.07, 6.45) is 7.37. The van der Waals surface area contributed by atoms with Gasteiger partial charge in [0.2, 0.25) is 0 Å². The number of rotatable bonds is 6. The molecule has 0 amide bonds. The molecule has 0 fully saturated rings. The lowest BCUT2D eigenvalue weighted by Gasteiger charge is -2.09. The van der Waals surface area contributed by atoms with E-state index < -0.39 is 0 Å². The molecule has 0 aliphatic heterocycles. The Morgan fingerprint density at radius 1 is 0.420 bits per heavy atom. The van der Waals surface area contributed by atoms with E-state index >= 15 is 0 Å². The Balaban J connectivity index is 1.18. The van der Waals surface area contributed by atoms with Crippen molar-refractivity contribution in [2.75, 3.05) is 0 Å². The van der Waals surface area contributed by atoms with E-state index in [9.17, 15) is 0 Å². The summed E-state index contributed by atoms with van der Waals surface area (Å²) in [6.45, 7) is 0. The minimum absolute atomic E-state index is 0.632. The zero-order valence-electron chi connectivity index (χ0n) is 26.8. The first-order chi connectivity index (χ1) is 24.7. The Bertz CT molecular complexity index is 2430. The second-order valence-corrected chi connectivity index (χ2v) is 13.1. The number of fused-ring (bicyclic) bond motifs is 3. The van der Waals surface area contributed by atoms with Crippen LogP contribution in [-0.2, 0) is 6.42 Å². The van der Waals surface area contributed by atoms with Crippen molar-refractivity contribution in [1.29, 1.82) is 0 Å². The highest BCUT2D eigenvalue weighted by Crippen LogP contribution is 2.39. The molecule has 50 heavy (non-hydrogen) atoms. The molecule has 0 radical (unpaired) electrons. The number of benzene rings is 5. The van der Waals surface area contributed by atoms with Crippen LogP contribution in [0.4, 0.5) is 0 Å². The van der Waals surface area contributed by atoms with Gasteiger partial charge in [-0.3, -0.25) is 0 Å². The monoisotopic (exact) mass is 660 g/mol. The second kappa shape index (κ2) is 12.9. The van der Waals surface area contributed by atoms with E-state index in [4.69, 9.17) is 29.9 Å². The maximum atomic E-state index is 5.01. The Morgan fingerprint density at radius 2 is 0.840 bits per heavy atom. The lowest BCUT2D eigenvalue weighted by molar-refractivity contribution is 1.04. The van der Waals surface area contributed by atoms with Crippen LogP contribution in [0.1, 0.15) is 16.3 Å². The van der Waals surface area contributed by atoms with Crippen LogP contribution < -0.4 is 0 Å². The van der Waals surface area contributed by atoms with Crippen molar-refractivity contribution in [3.8, 4) is 56.9 Å². The predicted molar refractivity (Wildman–Crippen MR) is 203 cm³/mol. The summed E-state index contributed by atoms with van der Waals surface area (Å²) in [6, 6.07) is 46.8. The quantitative estimate of drug-likeness (QED) is 0.177. The van der Waals surface area contributed by atoms with Crippen molar-refractivity contribution in [1.82, 2.24) is 29.9 Å². The van der Waals surface area contributed by atoms with Crippen molar-refractivity contribution in [3.05, 3.63) is 168 Å². The van der Waals surface area contributed by atoms with Gasteiger partial charge in [-0.05, 0) is 29.8 Å². The van der Waals surface area contributed by atoms with E-state index in [1.807, 2.05) is 133 Å². The van der Waals surface area contributed by atoms with Gasteiger partial charge in [-0.1, -0.05) is 133 Å². The molecule has 3 heterocycles. The van der Waals surface area contributed by atoms with Gasteiger partial charge < -0.3 is 0 Å². The highest BCUT2D eigenvalue weighted by atomic mass is 32.1. The molecule has 6 nitrogen and oxygen atoms in total. The van der Waals surface area contributed by atoms with E-state index in [2.05, 4.69) is 36.4 Å². The van der Waals surface area contributed by atoms with Crippen molar-refractivity contribution in [2.45, 2.75) is 6.42 Å². The first-order valence-corrected chi connectivity index (χ1v) is 17.2. The molecule has 8 aromatic rings. The van der Waals surface area contributed by atoms with Gasteiger partial charge in [0.15, 0.2) is 34.9 Å². The number of thiophene rings is 1. The fourth-order valence-electron chi connectivity index (χ4n) is 6.13. The Labute approximate surface area is 293 Å². The summed E-state index contributed by atoms with van der Waals surface area (Å²) in [5.41, 5.74) is 6.80. The molecule has 1 aliphatic rings. The molecule has 0 atom stereocenters. The largest absolute Gasteiger partial charge is 0.208 e. The van der Waals surface area contributed by atoms with Crippen LogP contribution in [0.3, 0.4) is 0 Å². The molecule has 0 saturated carbocycles. The minimum Gasteiger partial charge on any atom is -0.208 e. The van der Waals surface area contributed by atoms with Gasteiger partial charge in [0, 0.05) is 54.8 Å². The van der Waals surface area contributed by atoms with Gasteiger partial charge in [0.05, 0.1) is 0 Å². The van der Waals surface area contributed by atoms with E-state index in [1.165, 1.54) is 9.58 Å². The number of aromatic nitrogens is 6. The lowest BCUT2D eigenvalue weighted by Crippen LogP contribution is -2.02. The SMILES string of the molecule is C1=CC(c2nc(-c3ccccc3)nc(-c3ccccc3)n2)=Cc2c(sc3ccc(-c4nc(-c5ccccc5)nc(-c5ccccc5)n4)cc23)C1. The molecule has 0 unspecified atom stereocenters. The molecule has 9 rings (SSSR count). The van der Waals surface area contributed by atoms with E-state index in [1.54, 1.807) is 0 Å². The fraction of sp³-hybridized carbons (Fsp3) is 0.0233. The zero-order chi connectivity index (χ0) is 33.3. The molecule has 5 aromatic carbocycles. The lowest BCUT2D eigenvalue weighted by atomic mass is 10.0. The second-order valence-electron chi connectivity index (χ2n) is 11.9. The Hall–Kier alpha value is -6.44. The molecule has 1 aliphatic carbocycles. The summed E-state index contributed by atoms with van der Waals surface area (Å²) in [7, 11) is 0. The van der Waals surface area contributed by atoms with Gasteiger partial charge in [-0.2, -0.15) is 0 Å². The van der Waals surface area contributed by atoms with Crippen molar-refractivity contribution >= 4 is 33.1 Å². The molecule has 3 aromatic heterocycles. The number of hydrogen-bond donors (Lipinski definition) is 0. The van der Waals surface area contributed by atoms with E-state index in [0.29, 0.717) is 34.9 Å². The first-order valence-electron chi connectivity index (χ1n) is 16.4. The Kier molecular flexibility index (Phi) is 7.64. The van der Waals surface area contributed by atoms with Crippen molar-refractivity contribution in [3.63, 3.8) is 0 Å². The van der Waals surface area contributed by atoms with Gasteiger partial charge in [0.1, 0.15) is 0 Å². The maximum absolute atomic E-state index is 5.01. The molecule has 236 valence electrons. The summed E-state index contributed by atoms with van der Waals surface area (Å²) in [5.74, 6) is 3.84. The topological polar surface area (TPSA) is 77.3 Å². The summed E-state index contributed by atoms with van der Waals surface area (Å²) in [4.78, 5) is 31.0. The van der Waals surface area contributed by atoms with Crippen LogP contribution in [0, 0.1) is 0 Å². The molecule has 0 bridgehead atoms. The van der Waals surface area contributed by atoms with Crippen molar-refractivity contribution < 1.29 is 0 Å². The molecule has 0 spiro atoms. The van der Waals surface area contributed by atoms with Gasteiger partial charge in [-0.15, -0.1) is 11.3 Å². The number of allylic oxidation sites excluding steroid dienone is 3. The van der Waals surface area contributed by atoms with Crippen LogP contribution in [0.5, 0.6) is 0 Å². The average molecular weight is 661 g/mol. The molecular formula is C43H28N6S. The van der Waals surface area contributed by atoms with Crippen LogP contribution in [0.15, 0.2) is 152 Å². The Morgan fingerprint density at radius 3 is 1.30 bits per heavy atom. The smallest absolute Gasteiger partial charge is 0.164 e. The summed E-state index contributed by atoms with van der Waals surface area (Å²) >= 11 is 1.81. The maximum Gasteiger partial charge on any atom is 0.164 e. The van der Waals surface area contributed by atoms with E-state index in [0.717, 1.165) is 50.8 Å². The third-order valence-electron chi connectivity index (χ3n) is 8.62. The third kappa shape index (κ3) is 5.80. The minimum atomic E-state index is 0.632. The standard InChI is InChI=1S/C43H28N6S/c1-5-14-28(15-6-1)38-44-39(29-16-7-2-8-17-29)47-42(46-38)32-22-13-23-36-34(26-32)35-27-33(24-25-37(35)50-36)43-48-40(30-18-9-3-10-19-30)45-41(49-43)31-20-11-4-12-21-31/h1-22,24-27H,23H2. The third-order valence-corrected chi connectivity index (χ3v) is 9.83. The van der Waals surface area contributed by atoms with Crippen molar-refractivity contribution in [2.24, 2.45) is 0 Å². The van der Waals surface area contributed by atoms with Crippen LogP contribution in [0.25, 0.3) is 78.7 Å². The highest BCUT2D eigenvalue weighted by Gasteiger charge is 2.19. The van der Waals surface area contributed by atoms with Crippen LogP contribution in [0.2, 0.25) is 0 Å². The zero-order valence-corrected chi connectivity index (χ0v) is 27.6.